The lowest BCUT2D eigenvalue weighted by Crippen LogP contribution is -2.15. The summed E-state index contributed by atoms with van der Waals surface area (Å²) in [5.74, 6) is 0.189. The van der Waals surface area contributed by atoms with Crippen molar-refractivity contribution in [2.75, 3.05) is 11.1 Å². The minimum absolute atomic E-state index is 0.0178. The van der Waals surface area contributed by atoms with Crippen LogP contribution in [0, 0.1) is 10.1 Å². The molecule has 0 bridgehead atoms. The van der Waals surface area contributed by atoms with Crippen LogP contribution in [-0.4, -0.2) is 31.8 Å². The third-order valence-corrected chi connectivity index (χ3v) is 4.39. The molecule has 0 aliphatic heterocycles. The van der Waals surface area contributed by atoms with Crippen LogP contribution in [0.4, 0.5) is 11.4 Å². The minimum Gasteiger partial charge on any atom is -0.320 e. The van der Waals surface area contributed by atoms with Crippen molar-refractivity contribution >= 4 is 40.6 Å². The second kappa shape index (κ2) is 7.98. The molecule has 3 aromatic rings. The van der Waals surface area contributed by atoms with E-state index in [4.69, 9.17) is 11.6 Å². The molecule has 132 valence electrons. The SMILES string of the molecule is O=C(CSc1n[nH]c(-c2ccc(Cl)cc2)n1)Nc1ccccc1[N+](=O)[O-]. The molecule has 1 amide bonds. The molecular weight excluding hydrogens is 378 g/mol. The Morgan fingerprint density at radius 3 is 2.69 bits per heavy atom. The molecule has 0 spiro atoms. The average Bonchev–Trinajstić information content (AvgIpc) is 3.10. The summed E-state index contributed by atoms with van der Waals surface area (Å²) in [5, 5.41) is 21.3. The Morgan fingerprint density at radius 1 is 1.23 bits per heavy atom. The van der Waals surface area contributed by atoms with Crippen LogP contribution in [0.3, 0.4) is 0 Å². The Balaban J connectivity index is 1.60. The smallest absolute Gasteiger partial charge is 0.292 e. The molecule has 1 aromatic heterocycles. The van der Waals surface area contributed by atoms with Crippen molar-refractivity contribution < 1.29 is 9.72 Å². The minimum atomic E-state index is -0.545. The quantitative estimate of drug-likeness (QED) is 0.377. The predicted molar refractivity (Wildman–Crippen MR) is 99.3 cm³/mol. The van der Waals surface area contributed by atoms with Gasteiger partial charge in [-0.2, -0.15) is 0 Å². The number of hydrogen-bond donors (Lipinski definition) is 2. The Morgan fingerprint density at radius 2 is 1.96 bits per heavy atom. The summed E-state index contributed by atoms with van der Waals surface area (Å²) in [5.41, 5.74) is 0.812. The summed E-state index contributed by atoms with van der Waals surface area (Å²) in [4.78, 5) is 26.8. The van der Waals surface area contributed by atoms with E-state index in [1.165, 1.54) is 18.2 Å². The Hall–Kier alpha value is -2.91. The highest BCUT2D eigenvalue weighted by atomic mass is 35.5. The Kier molecular flexibility index (Phi) is 5.49. The van der Waals surface area contributed by atoms with E-state index in [2.05, 4.69) is 20.5 Å². The van der Waals surface area contributed by atoms with Gasteiger partial charge < -0.3 is 5.32 Å². The number of halogens is 1. The monoisotopic (exact) mass is 389 g/mol. The molecule has 2 aromatic carbocycles. The summed E-state index contributed by atoms with van der Waals surface area (Å²) in [6.07, 6.45) is 0. The number of H-pyrrole nitrogens is 1. The summed E-state index contributed by atoms with van der Waals surface area (Å²) in [6.45, 7) is 0. The molecule has 10 heteroatoms. The fraction of sp³-hybridized carbons (Fsp3) is 0.0625. The maximum atomic E-state index is 12.0. The van der Waals surface area contributed by atoms with Gasteiger partial charge in [-0.1, -0.05) is 35.5 Å². The Labute approximate surface area is 157 Å². The summed E-state index contributed by atoms with van der Waals surface area (Å²) < 4.78 is 0. The van der Waals surface area contributed by atoms with Gasteiger partial charge in [-0.05, 0) is 30.3 Å². The lowest BCUT2D eigenvalue weighted by molar-refractivity contribution is -0.383. The molecule has 0 saturated heterocycles. The predicted octanol–water partition coefficient (Wildman–Crippen LogP) is 3.76. The van der Waals surface area contributed by atoms with Crippen LogP contribution >= 0.6 is 23.4 Å². The lowest BCUT2D eigenvalue weighted by atomic mass is 10.2. The van der Waals surface area contributed by atoms with E-state index in [9.17, 15) is 14.9 Å². The maximum Gasteiger partial charge on any atom is 0.292 e. The molecule has 0 atom stereocenters. The van der Waals surface area contributed by atoms with Crippen molar-refractivity contribution in [3.63, 3.8) is 0 Å². The number of nitro groups is 1. The van der Waals surface area contributed by atoms with Crippen LogP contribution in [0.1, 0.15) is 0 Å². The normalized spacial score (nSPS) is 10.5. The van der Waals surface area contributed by atoms with E-state index >= 15 is 0 Å². The van der Waals surface area contributed by atoms with Crippen molar-refractivity contribution in [3.8, 4) is 11.4 Å². The fourth-order valence-corrected chi connectivity index (χ4v) is 2.83. The molecule has 8 nitrogen and oxygen atoms in total. The number of benzene rings is 2. The first-order valence-electron chi connectivity index (χ1n) is 7.37. The van der Waals surface area contributed by atoms with Gasteiger partial charge in [0.2, 0.25) is 11.1 Å². The number of carbonyl (C=O) groups excluding carboxylic acids is 1. The largest absolute Gasteiger partial charge is 0.320 e. The molecule has 0 saturated carbocycles. The number of aromatic nitrogens is 3. The number of nitrogens with zero attached hydrogens (tertiary/aromatic N) is 3. The van der Waals surface area contributed by atoms with Gasteiger partial charge >= 0.3 is 0 Å². The van der Waals surface area contributed by atoms with Crippen LogP contribution in [0.5, 0.6) is 0 Å². The summed E-state index contributed by atoms with van der Waals surface area (Å²) in [6, 6.07) is 13.1. The highest BCUT2D eigenvalue weighted by Crippen LogP contribution is 2.24. The first kappa shape index (κ1) is 17.9. The van der Waals surface area contributed by atoms with Gasteiger partial charge in [-0.15, -0.1) is 5.10 Å². The zero-order chi connectivity index (χ0) is 18.5. The topological polar surface area (TPSA) is 114 Å². The van der Waals surface area contributed by atoms with E-state index in [0.29, 0.717) is 16.0 Å². The second-order valence-electron chi connectivity index (χ2n) is 5.08. The van der Waals surface area contributed by atoms with Crippen LogP contribution in [-0.2, 0) is 4.79 Å². The second-order valence-corrected chi connectivity index (χ2v) is 6.46. The Bertz CT molecular complexity index is 945. The number of rotatable bonds is 6. The number of amides is 1. The van der Waals surface area contributed by atoms with E-state index < -0.39 is 4.92 Å². The van der Waals surface area contributed by atoms with Crippen molar-refractivity contribution in [2.45, 2.75) is 5.16 Å². The fourth-order valence-electron chi connectivity index (χ4n) is 2.10. The summed E-state index contributed by atoms with van der Waals surface area (Å²) >= 11 is 6.97. The van der Waals surface area contributed by atoms with E-state index in [1.54, 1.807) is 30.3 Å². The number of carbonyl (C=O) groups is 1. The van der Waals surface area contributed by atoms with Gasteiger partial charge in [-0.25, -0.2) is 4.98 Å². The first-order valence-corrected chi connectivity index (χ1v) is 8.73. The van der Waals surface area contributed by atoms with Gasteiger partial charge in [0.05, 0.1) is 10.7 Å². The van der Waals surface area contributed by atoms with Crippen molar-refractivity contribution in [1.82, 2.24) is 15.2 Å². The number of hydrogen-bond acceptors (Lipinski definition) is 6. The van der Waals surface area contributed by atoms with Gasteiger partial charge in [0.25, 0.3) is 5.69 Å². The molecule has 0 radical (unpaired) electrons. The molecule has 26 heavy (non-hydrogen) atoms. The third-order valence-electron chi connectivity index (χ3n) is 3.29. The molecule has 0 aliphatic carbocycles. The molecule has 0 aliphatic rings. The van der Waals surface area contributed by atoms with E-state index in [0.717, 1.165) is 17.3 Å². The molecule has 3 rings (SSSR count). The number of para-hydroxylation sites is 2. The van der Waals surface area contributed by atoms with Crippen molar-refractivity contribution in [3.05, 3.63) is 63.7 Å². The molecule has 0 fully saturated rings. The lowest BCUT2D eigenvalue weighted by Gasteiger charge is -2.04. The van der Waals surface area contributed by atoms with Gasteiger partial charge in [-0.3, -0.25) is 20.0 Å². The third kappa shape index (κ3) is 4.38. The zero-order valence-electron chi connectivity index (χ0n) is 13.2. The molecular formula is C16H12ClN5O3S. The number of aromatic amines is 1. The van der Waals surface area contributed by atoms with Gasteiger partial charge in [0.15, 0.2) is 5.82 Å². The van der Waals surface area contributed by atoms with E-state index in [1.807, 2.05) is 0 Å². The van der Waals surface area contributed by atoms with E-state index in [-0.39, 0.29) is 23.0 Å². The number of anilines is 1. The van der Waals surface area contributed by atoms with Crippen LogP contribution < -0.4 is 5.32 Å². The van der Waals surface area contributed by atoms with Gasteiger partial charge in [0, 0.05) is 16.7 Å². The molecule has 1 heterocycles. The highest BCUT2D eigenvalue weighted by Gasteiger charge is 2.15. The molecule has 0 unspecified atom stereocenters. The number of nitro benzene ring substituents is 1. The average molecular weight is 390 g/mol. The zero-order valence-corrected chi connectivity index (χ0v) is 14.8. The maximum absolute atomic E-state index is 12.0. The molecule has 2 N–H and O–H groups in total. The summed E-state index contributed by atoms with van der Waals surface area (Å²) in [7, 11) is 0. The standard InChI is InChI=1S/C16H12ClN5O3S/c17-11-7-5-10(6-8-11)15-19-16(21-20-15)26-9-14(23)18-12-3-1-2-4-13(12)22(24)25/h1-8H,9H2,(H,18,23)(H,19,20,21). The first-order chi connectivity index (χ1) is 12.5. The number of thioether (sulfide) groups is 1. The number of nitrogens with one attached hydrogen (secondary N) is 2. The van der Waals surface area contributed by atoms with Crippen LogP contribution in [0.25, 0.3) is 11.4 Å². The van der Waals surface area contributed by atoms with Crippen LogP contribution in [0.2, 0.25) is 5.02 Å². The van der Waals surface area contributed by atoms with Crippen LogP contribution in [0.15, 0.2) is 53.7 Å². The van der Waals surface area contributed by atoms with Gasteiger partial charge in [0.1, 0.15) is 5.69 Å². The van der Waals surface area contributed by atoms with Crippen molar-refractivity contribution in [1.29, 1.82) is 0 Å². The highest BCUT2D eigenvalue weighted by molar-refractivity contribution is 7.99. The van der Waals surface area contributed by atoms with Crippen molar-refractivity contribution in [2.24, 2.45) is 0 Å².